The monoisotopic (exact) mass is 223 g/mol. The lowest BCUT2D eigenvalue weighted by atomic mass is 10.1. The van der Waals surface area contributed by atoms with E-state index in [9.17, 15) is 0 Å². The Hall–Kier alpha value is -1.16. The Labute approximate surface area is 97.5 Å². The van der Waals surface area contributed by atoms with Gasteiger partial charge in [-0.1, -0.05) is 6.92 Å². The summed E-state index contributed by atoms with van der Waals surface area (Å²) < 4.78 is 5.62. The fraction of sp³-hybridized carbons (Fsp3) is 0.667. The molecule has 0 aliphatic heterocycles. The average Bonchev–Trinajstić information content (AvgIpc) is 2.27. The van der Waals surface area contributed by atoms with Crippen LogP contribution < -0.4 is 5.32 Å². The van der Waals surface area contributed by atoms with E-state index in [1.54, 1.807) is 6.20 Å². The van der Waals surface area contributed by atoms with Crippen LogP contribution in [0.15, 0.2) is 12.3 Å². The van der Waals surface area contributed by atoms with Crippen molar-refractivity contribution in [2.75, 3.05) is 18.5 Å². The smallest absolute Gasteiger partial charge is 0.162 e. The molecule has 0 aliphatic rings. The molecule has 0 aromatic carbocycles. The van der Waals surface area contributed by atoms with Gasteiger partial charge >= 0.3 is 0 Å². The van der Waals surface area contributed by atoms with Crippen LogP contribution in [0, 0.1) is 0 Å². The lowest BCUT2D eigenvalue weighted by molar-refractivity contribution is -0.0207. The van der Waals surface area contributed by atoms with Gasteiger partial charge in [0.2, 0.25) is 0 Å². The molecule has 4 heteroatoms. The molecular weight excluding hydrogens is 202 g/mol. The van der Waals surface area contributed by atoms with E-state index in [1.807, 2.05) is 26.8 Å². The summed E-state index contributed by atoms with van der Waals surface area (Å²) in [6, 6.07) is 1.88. The molecule has 1 heterocycles. The lowest BCUT2D eigenvalue weighted by Crippen LogP contribution is -2.25. The molecule has 1 N–H and O–H groups in total. The average molecular weight is 223 g/mol. The molecule has 0 bridgehead atoms. The summed E-state index contributed by atoms with van der Waals surface area (Å²) >= 11 is 0. The lowest BCUT2D eigenvalue weighted by Gasteiger charge is -2.23. The van der Waals surface area contributed by atoms with E-state index >= 15 is 0 Å². The van der Waals surface area contributed by atoms with Crippen LogP contribution in [-0.2, 0) is 10.3 Å². The van der Waals surface area contributed by atoms with Crippen molar-refractivity contribution in [3.63, 3.8) is 0 Å². The summed E-state index contributed by atoms with van der Waals surface area (Å²) in [7, 11) is 0. The van der Waals surface area contributed by atoms with Crippen molar-refractivity contribution < 1.29 is 4.74 Å². The Kier molecular flexibility index (Phi) is 4.68. The molecule has 0 spiro atoms. The van der Waals surface area contributed by atoms with E-state index in [4.69, 9.17) is 4.74 Å². The van der Waals surface area contributed by atoms with Gasteiger partial charge < -0.3 is 10.1 Å². The number of aromatic nitrogens is 2. The van der Waals surface area contributed by atoms with Gasteiger partial charge in [-0.25, -0.2) is 9.97 Å². The van der Waals surface area contributed by atoms with E-state index in [0.29, 0.717) is 6.61 Å². The maximum Gasteiger partial charge on any atom is 0.162 e. The first-order chi connectivity index (χ1) is 7.60. The molecule has 1 aromatic heterocycles. The van der Waals surface area contributed by atoms with Crippen LogP contribution >= 0.6 is 0 Å². The normalized spacial score (nSPS) is 11.5. The SMILES string of the molecule is CCCNc1ccnc(C(C)(C)OCC)n1. The van der Waals surface area contributed by atoms with Crippen LogP contribution in [0.25, 0.3) is 0 Å². The highest BCUT2D eigenvalue weighted by Gasteiger charge is 2.24. The molecule has 16 heavy (non-hydrogen) atoms. The second-order valence-electron chi connectivity index (χ2n) is 4.14. The van der Waals surface area contributed by atoms with Crippen LogP contribution in [0.5, 0.6) is 0 Å². The first-order valence-electron chi connectivity index (χ1n) is 5.81. The third kappa shape index (κ3) is 3.45. The molecule has 0 radical (unpaired) electrons. The standard InChI is InChI=1S/C12H21N3O/c1-5-8-13-10-7-9-14-11(15-10)12(3,4)16-6-2/h7,9H,5-6,8H2,1-4H3,(H,13,14,15). The maximum absolute atomic E-state index is 5.62. The molecule has 90 valence electrons. The fourth-order valence-electron chi connectivity index (χ4n) is 1.43. The molecule has 0 amide bonds. The summed E-state index contributed by atoms with van der Waals surface area (Å²) in [5, 5.41) is 3.24. The molecule has 0 aliphatic carbocycles. The fourth-order valence-corrected chi connectivity index (χ4v) is 1.43. The van der Waals surface area contributed by atoms with Gasteiger partial charge in [0, 0.05) is 19.3 Å². The van der Waals surface area contributed by atoms with E-state index < -0.39 is 5.60 Å². The molecule has 0 fully saturated rings. The highest BCUT2D eigenvalue weighted by Crippen LogP contribution is 2.21. The van der Waals surface area contributed by atoms with Crippen molar-refractivity contribution in [1.82, 2.24) is 9.97 Å². The number of hydrogen-bond donors (Lipinski definition) is 1. The first kappa shape index (κ1) is 12.9. The van der Waals surface area contributed by atoms with Gasteiger partial charge in [-0.05, 0) is 33.3 Å². The summed E-state index contributed by atoms with van der Waals surface area (Å²) in [5.41, 5.74) is -0.432. The van der Waals surface area contributed by atoms with Crippen LogP contribution in [0.2, 0.25) is 0 Å². The zero-order chi connectivity index (χ0) is 12.0. The van der Waals surface area contributed by atoms with Gasteiger partial charge in [-0.3, -0.25) is 0 Å². The second-order valence-corrected chi connectivity index (χ2v) is 4.14. The van der Waals surface area contributed by atoms with Gasteiger partial charge in [0.05, 0.1) is 0 Å². The molecule has 0 unspecified atom stereocenters. The number of anilines is 1. The Morgan fingerprint density at radius 2 is 2.12 bits per heavy atom. The van der Waals surface area contributed by atoms with Crippen LogP contribution in [0.4, 0.5) is 5.82 Å². The highest BCUT2D eigenvalue weighted by atomic mass is 16.5. The number of hydrogen-bond acceptors (Lipinski definition) is 4. The van der Waals surface area contributed by atoms with E-state index in [-0.39, 0.29) is 0 Å². The Morgan fingerprint density at radius 3 is 2.75 bits per heavy atom. The summed E-state index contributed by atoms with van der Waals surface area (Å²) in [4.78, 5) is 8.71. The van der Waals surface area contributed by atoms with Crippen LogP contribution in [0.3, 0.4) is 0 Å². The third-order valence-corrected chi connectivity index (χ3v) is 2.26. The Bertz CT molecular complexity index is 326. The minimum absolute atomic E-state index is 0.432. The predicted molar refractivity (Wildman–Crippen MR) is 65.5 cm³/mol. The molecule has 0 saturated carbocycles. The largest absolute Gasteiger partial charge is 0.370 e. The van der Waals surface area contributed by atoms with Gasteiger partial charge in [0.25, 0.3) is 0 Å². The second kappa shape index (κ2) is 5.80. The summed E-state index contributed by atoms with van der Waals surface area (Å²) in [6.45, 7) is 9.64. The molecule has 4 nitrogen and oxygen atoms in total. The number of ether oxygens (including phenoxy) is 1. The van der Waals surface area contributed by atoms with E-state index in [2.05, 4.69) is 22.2 Å². The van der Waals surface area contributed by atoms with Crippen molar-refractivity contribution in [1.29, 1.82) is 0 Å². The predicted octanol–water partition coefficient (Wildman–Crippen LogP) is 2.57. The van der Waals surface area contributed by atoms with Crippen molar-refractivity contribution in [2.45, 2.75) is 39.7 Å². The van der Waals surface area contributed by atoms with Gasteiger partial charge in [-0.15, -0.1) is 0 Å². The zero-order valence-corrected chi connectivity index (χ0v) is 10.6. The van der Waals surface area contributed by atoms with Crippen molar-refractivity contribution in [3.8, 4) is 0 Å². The van der Waals surface area contributed by atoms with Crippen LogP contribution in [0.1, 0.15) is 39.9 Å². The van der Waals surface area contributed by atoms with Crippen molar-refractivity contribution in [3.05, 3.63) is 18.1 Å². The van der Waals surface area contributed by atoms with E-state index in [1.165, 1.54) is 0 Å². The van der Waals surface area contributed by atoms with Crippen LogP contribution in [-0.4, -0.2) is 23.1 Å². The number of nitrogens with one attached hydrogen (secondary N) is 1. The Morgan fingerprint density at radius 1 is 1.38 bits per heavy atom. The quantitative estimate of drug-likeness (QED) is 0.805. The molecule has 1 aromatic rings. The third-order valence-electron chi connectivity index (χ3n) is 2.26. The van der Waals surface area contributed by atoms with Gasteiger partial charge in [-0.2, -0.15) is 0 Å². The maximum atomic E-state index is 5.62. The Balaban J connectivity index is 2.80. The minimum atomic E-state index is -0.432. The highest BCUT2D eigenvalue weighted by molar-refractivity contribution is 5.33. The molecule has 0 atom stereocenters. The minimum Gasteiger partial charge on any atom is -0.370 e. The molecule has 1 rings (SSSR count). The zero-order valence-electron chi connectivity index (χ0n) is 10.6. The number of rotatable bonds is 6. The van der Waals surface area contributed by atoms with Crippen molar-refractivity contribution >= 4 is 5.82 Å². The van der Waals surface area contributed by atoms with Gasteiger partial charge in [0.1, 0.15) is 11.4 Å². The van der Waals surface area contributed by atoms with Crippen molar-refractivity contribution in [2.24, 2.45) is 0 Å². The summed E-state index contributed by atoms with van der Waals surface area (Å²) in [5.74, 6) is 1.58. The topological polar surface area (TPSA) is 47.0 Å². The molecule has 0 saturated heterocycles. The van der Waals surface area contributed by atoms with E-state index in [0.717, 1.165) is 24.6 Å². The molecular formula is C12H21N3O. The number of nitrogens with zero attached hydrogens (tertiary/aromatic N) is 2. The first-order valence-corrected chi connectivity index (χ1v) is 5.81. The summed E-state index contributed by atoms with van der Waals surface area (Å²) in [6.07, 6.45) is 2.84. The van der Waals surface area contributed by atoms with Gasteiger partial charge in [0.15, 0.2) is 5.82 Å².